The van der Waals surface area contributed by atoms with Crippen molar-refractivity contribution >= 4 is 0 Å². The molecular formula is C8H11N3. The van der Waals surface area contributed by atoms with Crippen LogP contribution < -0.4 is 0 Å². The van der Waals surface area contributed by atoms with Gasteiger partial charge >= 0.3 is 0 Å². The quantitative estimate of drug-likeness (QED) is 0.660. The Labute approximate surface area is 66.1 Å². The van der Waals surface area contributed by atoms with Gasteiger partial charge in [-0.15, -0.1) is 0 Å². The number of rotatable bonds is 1. The van der Waals surface area contributed by atoms with E-state index in [4.69, 9.17) is 5.26 Å². The van der Waals surface area contributed by atoms with Gasteiger partial charge in [0.15, 0.2) is 5.69 Å². The lowest BCUT2D eigenvalue weighted by atomic mass is 10.2. The maximum absolute atomic E-state index is 8.58. The van der Waals surface area contributed by atoms with Crippen molar-refractivity contribution in [1.29, 1.82) is 5.26 Å². The molecule has 0 aliphatic heterocycles. The predicted molar refractivity (Wildman–Crippen MR) is 42.1 cm³/mol. The number of H-pyrrole nitrogens is 1. The summed E-state index contributed by atoms with van der Waals surface area (Å²) in [5, 5.41) is 8.58. The Morgan fingerprint density at radius 2 is 2.18 bits per heavy atom. The molecule has 1 aromatic rings. The minimum atomic E-state index is 0.357. The van der Waals surface area contributed by atoms with E-state index in [2.05, 4.69) is 9.97 Å². The highest BCUT2D eigenvalue weighted by molar-refractivity contribution is 5.26. The lowest BCUT2D eigenvalue weighted by molar-refractivity contribution is 0.791. The highest BCUT2D eigenvalue weighted by Crippen LogP contribution is 2.12. The second-order valence-electron chi connectivity index (χ2n) is 2.86. The van der Waals surface area contributed by atoms with Crippen LogP contribution in [0.25, 0.3) is 0 Å². The molecule has 1 heterocycles. The van der Waals surface area contributed by atoms with Gasteiger partial charge in [0.1, 0.15) is 11.9 Å². The maximum Gasteiger partial charge on any atom is 0.161 e. The van der Waals surface area contributed by atoms with E-state index >= 15 is 0 Å². The number of aromatic nitrogens is 2. The van der Waals surface area contributed by atoms with Crippen LogP contribution in [0.5, 0.6) is 0 Å². The van der Waals surface area contributed by atoms with E-state index < -0.39 is 0 Å². The minimum absolute atomic E-state index is 0.357. The molecule has 1 rings (SSSR count). The predicted octanol–water partition coefficient (Wildman–Crippen LogP) is 1.71. The van der Waals surface area contributed by atoms with Crippen molar-refractivity contribution in [2.45, 2.75) is 26.7 Å². The fourth-order valence-electron chi connectivity index (χ4n) is 0.866. The summed E-state index contributed by atoms with van der Waals surface area (Å²) in [6, 6.07) is 2.03. The van der Waals surface area contributed by atoms with Crippen molar-refractivity contribution in [3.8, 4) is 6.07 Å². The molecule has 58 valence electrons. The first-order valence-electron chi connectivity index (χ1n) is 3.61. The molecule has 1 aromatic heterocycles. The number of hydrogen-bond acceptors (Lipinski definition) is 2. The molecule has 0 aliphatic carbocycles. The van der Waals surface area contributed by atoms with E-state index in [1.54, 1.807) is 0 Å². The summed E-state index contributed by atoms with van der Waals surface area (Å²) in [7, 11) is 0. The summed E-state index contributed by atoms with van der Waals surface area (Å²) in [4.78, 5) is 7.17. The summed E-state index contributed by atoms with van der Waals surface area (Å²) >= 11 is 0. The smallest absolute Gasteiger partial charge is 0.161 e. The first-order valence-corrected chi connectivity index (χ1v) is 3.61. The summed E-state index contributed by atoms with van der Waals surface area (Å²) in [6.45, 7) is 5.94. The highest BCUT2D eigenvalue weighted by Gasteiger charge is 2.07. The van der Waals surface area contributed by atoms with Crippen molar-refractivity contribution in [3.63, 3.8) is 0 Å². The van der Waals surface area contributed by atoms with Crippen LogP contribution in [0.2, 0.25) is 0 Å². The molecule has 0 fully saturated rings. The Morgan fingerprint density at radius 1 is 1.55 bits per heavy atom. The number of nitrogens with one attached hydrogen (secondary N) is 1. The van der Waals surface area contributed by atoms with E-state index in [9.17, 15) is 0 Å². The van der Waals surface area contributed by atoms with Gasteiger partial charge in [0.2, 0.25) is 0 Å². The van der Waals surface area contributed by atoms with Gasteiger partial charge in [0.25, 0.3) is 0 Å². The average Bonchev–Trinajstić information content (AvgIpc) is 2.31. The summed E-state index contributed by atoms with van der Waals surface area (Å²) in [6.07, 6.45) is 0. The van der Waals surface area contributed by atoms with Crippen LogP contribution in [0.15, 0.2) is 0 Å². The number of imidazole rings is 1. The Morgan fingerprint density at radius 3 is 2.45 bits per heavy atom. The van der Waals surface area contributed by atoms with E-state index in [0.717, 1.165) is 11.5 Å². The number of nitrogens with zero attached hydrogens (tertiary/aromatic N) is 2. The standard InChI is InChI=1S/C8H11N3/c1-5(2)8-10-6(3)7(4-9)11-8/h5H,1-3H3,(H,10,11). The van der Waals surface area contributed by atoms with Gasteiger partial charge in [-0.25, -0.2) is 4.98 Å². The first-order chi connectivity index (χ1) is 5.15. The molecule has 0 bridgehead atoms. The van der Waals surface area contributed by atoms with Crippen LogP contribution in [0.3, 0.4) is 0 Å². The van der Waals surface area contributed by atoms with Gasteiger partial charge in [0, 0.05) is 11.6 Å². The largest absolute Gasteiger partial charge is 0.345 e. The van der Waals surface area contributed by atoms with Crippen LogP contribution in [0.1, 0.15) is 37.0 Å². The molecular weight excluding hydrogens is 138 g/mol. The van der Waals surface area contributed by atoms with Crippen LogP contribution >= 0.6 is 0 Å². The van der Waals surface area contributed by atoms with E-state index in [1.165, 1.54) is 0 Å². The number of nitriles is 1. The second-order valence-corrected chi connectivity index (χ2v) is 2.86. The summed E-state index contributed by atoms with van der Waals surface area (Å²) in [5.41, 5.74) is 1.37. The Bertz CT molecular complexity index is 291. The zero-order valence-corrected chi connectivity index (χ0v) is 6.97. The zero-order valence-electron chi connectivity index (χ0n) is 6.97. The van der Waals surface area contributed by atoms with Crippen molar-refractivity contribution in [1.82, 2.24) is 9.97 Å². The molecule has 3 nitrogen and oxygen atoms in total. The van der Waals surface area contributed by atoms with Gasteiger partial charge in [-0.3, -0.25) is 0 Å². The third-order valence-corrected chi connectivity index (χ3v) is 1.56. The van der Waals surface area contributed by atoms with Gasteiger partial charge in [-0.1, -0.05) is 13.8 Å². The highest BCUT2D eigenvalue weighted by atomic mass is 14.9. The molecule has 0 atom stereocenters. The third kappa shape index (κ3) is 1.40. The van der Waals surface area contributed by atoms with Crippen molar-refractivity contribution in [2.24, 2.45) is 0 Å². The van der Waals surface area contributed by atoms with Crippen LogP contribution in [0, 0.1) is 18.3 Å². The normalized spacial score (nSPS) is 10.1. The molecule has 0 spiro atoms. The Balaban J connectivity index is 3.07. The Hall–Kier alpha value is -1.30. The summed E-state index contributed by atoms with van der Waals surface area (Å²) in [5.74, 6) is 1.25. The number of hydrogen-bond donors (Lipinski definition) is 1. The fraction of sp³-hybridized carbons (Fsp3) is 0.500. The molecule has 0 saturated carbocycles. The van der Waals surface area contributed by atoms with Crippen LogP contribution in [0.4, 0.5) is 0 Å². The van der Waals surface area contributed by atoms with Crippen LogP contribution in [-0.4, -0.2) is 9.97 Å². The molecule has 3 heteroatoms. The number of aryl methyl sites for hydroxylation is 1. The summed E-state index contributed by atoms with van der Waals surface area (Å²) < 4.78 is 0. The molecule has 1 N–H and O–H groups in total. The second kappa shape index (κ2) is 2.75. The van der Waals surface area contributed by atoms with E-state index in [-0.39, 0.29) is 0 Å². The lowest BCUT2D eigenvalue weighted by Gasteiger charge is -1.95. The first kappa shape index (κ1) is 7.80. The van der Waals surface area contributed by atoms with E-state index in [0.29, 0.717) is 11.6 Å². The van der Waals surface area contributed by atoms with Crippen molar-refractivity contribution in [3.05, 3.63) is 17.2 Å². The van der Waals surface area contributed by atoms with Crippen molar-refractivity contribution < 1.29 is 0 Å². The molecule has 0 aliphatic rings. The average molecular weight is 149 g/mol. The molecule has 0 radical (unpaired) electrons. The minimum Gasteiger partial charge on any atom is -0.345 e. The molecule has 0 saturated heterocycles. The topological polar surface area (TPSA) is 52.5 Å². The molecule has 0 aromatic carbocycles. The van der Waals surface area contributed by atoms with Gasteiger partial charge in [-0.05, 0) is 6.92 Å². The fourth-order valence-corrected chi connectivity index (χ4v) is 0.866. The molecule has 0 amide bonds. The maximum atomic E-state index is 8.58. The van der Waals surface area contributed by atoms with E-state index in [1.807, 2.05) is 26.8 Å². The lowest BCUT2D eigenvalue weighted by Crippen LogP contribution is -1.89. The van der Waals surface area contributed by atoms with Gasteiger partial charge in [0.05, 0.1) is 0 Å². The monoisotopic (exact) mass is 149 g/mol. The Kier molecular flexibility index (Phi) is 1.95. The molecule has 0 unspecified atom stereocenters. The molecule has 11 heavy (non-hydrogen) atoms. The van der Waals surface area contributed by atoms with Crippen LogP contribution in [-0.2, 0) is 0 Å². The van der Waals surface area contributed by atoms with Crippen molar-refractivity contribution in [2.75, 3.05) is 0 Å². The number of aromatic amines is 1. The SMILES string of the molecule is Cc1[nH]c(C(C)C)nc1C#N. The van der Waals surface area contributed by atoms with Gasteiger partial charge < -0.3 is 4.98 Å². The zero-order chi connectivity index (χ0) is 8.43. The third-order valence-electron chi connectivity index (χ3n) is 1.56. The van der Waals surface area contributed by atoms with Gasteiger partial charge in [-0.2, -0.15) is 5.26 Å².